The normalized spacial score (nSPS) is 14.0. The minimum absolute atomic E-state index is 0.0406. The van der Waals surface area contributed by atoms with E-state index in [0.717, 1.165) is 39.0 Å². The predicted octanol–water partition coefficient (Wildman–Crippen LogP) is 4.17. The Hall–Kier alpha value is -3.71. The molecule has 0 bridgehead atoms. The van der Waals surface area contributed by atoms with Gasteiger partial charge in [-0.2, -0.15) is 5.10 Å². The lowest BCUT2D eigenvalue weighted by molar-refractivity contribution is -0.126. The van der Waals surface area contributed by atoms with Crippen LogP contribution in [0.15, 0.2) is 67.8 Å². The third-order valence-electron chi connectivity index (χ3n) is 5.80. The molecular weight excluding hydrogens is 424 g/mol. The lowest BCUT2D eigenvalue weighted by Crippen LogP contribution is -2.48. The van der Waals surface area contributed by atoms with Crippen LogP contribution in [0, 0.1) is 0 Å². The molecule has 0 unspecified atom stereocenters. The van der Waals surface area contributed by atoms with Gasteiger partial charge in [0.15, 0.2) is 0 Å². The number of carbonyl (C=O) groups is 1. The first kappa shape index (κ1) is 20.2. The molecule has 7 nitrogen and oxygen atoms in total. The highest BCUT2D eigenvalue weighted by atomic mass is 35.5. The van der Waals surface area contributed by atoms with Crippen LogP contribution in [0.1, 0.15) is 0 Å². The van der Waals surface area contributed by atoms with Crippen LogP contribution in [0.25, 0.3) is 33.2 Å². The number of aromatic amines is 1. The number of nitrogens with one attached hydrogen (secondary N) is 1. The Morgan fingerprint density at radius 3 is 2.56 bits per heavy atom. The second-order valence-electron chi connectivity index (χ2n) is 7.60. The van der Waals surface area contributed by atoms with E-state index in [9.17, 15) is 4.79 Å². The average molecular weight is 445 g/mol. The summed E-state index contributed by atoms with van der Waals surface area (Å²) in [5, 5.41) is 8.47. The lowest BCUT2D eigenvalue weighted by Gasteiger charge is -2.35. The topological polar surface area (TPSA) is 78.0 Å². The number of halogens is 1. The van der Waals surface area contributed by atoms with Crippen LogP contribution >= 0.6 is 11.6 Å². The number of hydrogen-bond acceptors (Lipinski definition) is 5. The molecule has 1 N–H and O–H groups in total. The van der Waals surface area contributed by atoms with E-state index in [2.05, 4.69) is 37.7 Å². The Labute approximate surface area is 190 Å². The van der Waals surface area contributed by atoms with Crippen LogP contribution in [0.3, 0.4) is 0 Å². The van der Waals surface area contributed by atoms with Crippen LogP contribution in [0.2, 0.25) is 5.02 Å². The van der Waals surface area contributed by atoms with Crippen molar-refractivity contribution in [3.63, 3.8) is 0 Å². The van der Waals surface area contributed by atoms with Crippen molar-refractivity contribution >= 4 is 34.2 Å². The first-order valence-electron chi connectivity index (χ1n) is 10.3. The number of aromatic nitrogens is 4. The van der Waals surface area contributed by atoms with E-state index < -0.39 is 0 Å². The van der Waals surface area contributed by atoms with Gasteiger partial charge in [-0.1, -0.05) is 42.4 Å². The monoisotopic (exact) mass is 444 g/mol. The Kier molecular flexibility index (Phi) is 5.33. The number of hydrogen-bond donors (Lipinski definition) is 1. The lowest BCUT2D eigenvalue weighted by atomic mass is 9.95. The minimum atomic E-state index is -0.0406. The van der Waals surface area contributed by atoms with Gasteiger partial charge in [-0.3, -0.25) is 9.89 Å². The van der Waals surface area contributed by atoms with Crippen molar-refractivity contribution in [2.75, 3.05) is 31.1 Å². The predicted molar refractivity (Wildman–Crippen MR) is 127 cm³/mol. The third kappa shape index (κ3) is 3.61. The molecule has 2 aromatic heterocycles. The fraction of sp³-hybridized carbons (Fsp3) is 0.167. The summed E-state index contributed by atoms with van der Waals surface area (Å²) < 4.78 is 0. The van der Waals surface area contributed by atoms with Gasteiger partial charge in [0, 0.05) is 53.9 Å². The highest BCUT2D eigenvalue weighted by molar-refractivity contribution is 6.34. The molecule has 0 aliphatic carbocycles. The molecule has 3 heterocycles. The highest BCUT2D eigenvalue weighted by Gasteiger charge is 2.22. The summed E-state index contributed by atoms with van der Waals surface area (Å²) >= 11 is 6.80. The van der Waals surface area contributed by atoms with Crippen LogP contribution in [-0.4, -0.2) is 57.2 Å². The highest BCUT2D eigenvalue weighted by Crippen LogP contribution is 2.39. The minimum Gasteiger partial charge on any atom is -0.352 e. The SMILES string of the molecule is C=CC(=O)N1CCN(c2ncnc3cc(-c4ccccc4-c4cn[nH]c4)c(Cl)cc23)CC1. The number of piperazine rings is 1. The molecule has 5 rings (SSSR count). The molecule has 1 amide bonds. The number of rotatable bonds is 4. The summed E-state index contributed by atoms with van der Waals surface area (Å²) in [7, 11) is 0. The zero-order chi connectivity index (χ0) is 22.1. The standard InChI is InChI=1S/C24H21ClN6O/c1-2-23(32)30-7-9-31(10-8-30)24-20-11-21(25)19(12-22(20)26-15-27-24)18-6-4-3-5-17(18)16-13-28-29-14-16/h2-6,11-15H,1,7-10H2,(H,28,29). The van der Waals surface area contributed by atoms with Gasteiger partial charge in [-0.15, -0.1) is 0 Å². The van der Waals surface area contributed by atoms with E-state index in [1.807, 2.05) is 36.5 Å². The maximum Gasteiger partial charge on any atom is 0.246 e. The number of H-pyrrole nitrogens is 1. The molecule has 0 radical (unpaired) electrons. The van der Waals surface area contributed by atoms with Crippen LogP contribution in [-0.2, 0) is 4.79 Å². The quantitative estimate of drug-likeness (QED) is 0.478. The number of anilines is 1. The molecule has 8 heteroatoms. The molecule has 1 saturated heterocycles. The second kappa shape index (κ2) is 8.43. The molecule has 2 aromatic carbocycles. The summed E-state index contributed by atoms with van der Waals surface area (Å²) in [5.74, 6) is 0.790. The van der Waals surface area contributed by atoms with Gasteiger partial charge in [0.05, 0.1) is 11.7 Å². The molecule has 1 fully saturated rings. The molecule has 0 spiro atoms. The van der Waals surface area contributed by atoms with Crippen molar-refractivity contribution < 1.29 is 4.79 Å². The number of nitrogens with zero attached hydrogens (tertiary/aromatic N) is 5. The Morgan fingerprint density at radius 1 is 1.06 bits per heavy atom. The molecule has 0 saturated carbocycles. The van der Waals surface area contributed by atoms with Gasteiger partial charge >= 0.3 is 0 Å². The van der Waals surface area contributed by atoms with Crippen molar-refractivity contribution in [2.45, 2.75) is 0 Å². The maximum absolute atomic E-state index is 11.9. The molecule has 1 aliphatic rings. The van der Waals surface area contributed by atoms with E-state index in [4.69, 9.17) is 11.6 Å². The van der Waals surface area contributed by atoms with Crippen LogP contribution in [0.5, 0.6) is 0 Å². The van der Waals surface area contributed by atoms with E-state index in [-0.39, 0.29) is 5.91 Å². The van der Waals surface area contributed by atoms with Crippen LogP contribution < -0.4 is 4.90 Å². The zero-order valence-corrected chi connectivity index (χ0v) is 18.1. The number of amides is 1. The number of fused-ring (bicyclic) bond motifs is 1. The molecule has 4 aromatic rings. The number of benzene rings is 2. The van der Waals surface area contributed by atoms with Gasteiger partial charge in [0.2, 0.25) is 5.91 Å². The van der Waals surface area contributed by atoms with E-state index in [0.29, 0.717) is 31.2 Å². The largest absolute Gasteiger partial charge is 0.352 e. The average Bonchev–Trinajstić information content (AvgIpc) is 3.38. The fourth-order valence-electron chi connectivity index (χ4n) is 4.16. The fourth-order valence-corrected chi connectivity index (χ4v) is 4.42. The Bertz CT molecular complexity index is 1300. The maximum atomic E-state index is 11.9. The molecule has 0 atom stereocenters. The van der Waals surface area contributed by atoms with Crippen molar-refractivity contribution in [1.29, 1.82) is 0 Å². The number of carbonyl (C=O) groups excluding carboxylic acids is 1. The van der Waals surface area contributed by atoms with Crippen molar-refractivity contribution in [1.82, 2.24) is 25.1 Å². The van der Waals surface area contributed by atoms with E-state index >= 15 is 0 Å². The van der Waals surface area contributed by atoms with Gasteiger partial charge in [-0.25, -0.2) is 9.97 Å². The molecule has 32 heavy (non-hydrogen) atoms. The van der Waals surface area contributed by atoms with Crippen molar-refractivity contribution in [3.8, 4) is 22.3 Å². The molecule has 1 aliphatic heterocycles. The van der Waals surface area contributed by atoms with E-state index in [1.54, 1.807) is 17.4 Å². The molecule has 160 valence electrons. The Balaban J connectivity index is 1.53. The summed E-state index contributed by atoms with van der Waals surface area (Å²) in [5.41, 5.74) is 4.77. The first-order valence-corrected chi connectivity index (χ1v) is 10.7. The summed E-state index contributed by atoms with van der Waals surface area (Å²) in [4.78, 5) is 24.9. The summed E-state index contributed by atoms with van der Waals surface area (Å²) in [6.45, 7) is 6.20. The third-order valence-corrected chi connectivity index (χ3v) is 6.11. The zero-order valence-electron chi connectivity index (χ0n) is 17.3. The van der Waals surface area contributed by atoms with Crippen molar-refractivity contribution in [3.05, 3.63) is 72.8 Å². The smallest absolute Gasteiger partial charge is 0.246 e. The second-order valence-corrected chi connectivity index (χ2v) is 8.00. The van der Waals surface area contributed by atoms with Crippen molar-refractivity contribution in [2.24, 2.45) is 0 Å². The Morgan fingerprint density at radius 2 is 1.84 bits per heavy atom. The van der Waals surface area contributed by atoms with Gasteiger partial charge in [0.1, 0.15) is 12.1 Å². The first-order chi connectivity index (χ1) is 15.7. The van der Waals surface area contributed by atoms with E-state index in [1.165, 1.54) is 6.08 Å². The van der Waals surface area contributed by atoms with Crippen LogP contribution in [0.4, 0.5) is 5.82 Å². The van der Waals surface area contributed by atoms with Gasteiger partial charge in [-0.05, 0) is 29.3 Å². The molecular formula is C24H21ClN6O. The summed E-state index contributed by atoms with van der Waals surface area (Å²) in [6, 6.07) is 12.0. The van der Waals surface area contributed by atoms with Gasteiger partial charge in [0.25, 0.3) is 0 Å². The van der Waals surface area contributed by atoms with Gasteiger partial charge < -0.3 is 9.80 Å². The summed E-state index contributed by atoms with van der Waals surface area (Å²) in [6.07, 6.45) is 6.60.